The summed E-state index contributed by atoms with van der Waals surface area (Å²) in [6.07, 6.45) is 7.15. The third-order valence-corrected chi connectivity index (χ3v) is 5.32. The van der Waals surface area contributed by atoms with Crippen molar-refractivity contribution in [3.63, 3.8) is 0 Å². The molecule has 3 aromatic heterocycles. The number of piperidine rings is 1. The number of imidazole rings is 1. The number of fused-ring (bicyclic) bond motifs is 1. The summed E-state index contributed by atoms with van der Waals surface area (Å²) in [6, 6.07) is 0.355. The van der Waals surface area contributed by atoms with E-state index >= 15 is 0 Å². The van der Waals surface area contributed by atoms with E-state index < -0.39 is 0 Å². The van der Waals surface area contributed by atoms with E-state index in [0.717, 1.165) is 43.0 Å². The Balaban J connectivity index is 1.56. The number of anilines is 2. The molecule has 4 rings (SSSR count). The van der Waals surface area contributed by atoms with E-state index in [1.807, 2.05) is 36.4 Å². The number of carbonyl (C=O) groups is 1. The van der Waals surface area contributed by atoms with Crippen LogP contribution in [0.25, 0.3) is 5.65 Å². The van der Waals surface area contributed by atoms with E-state index in [-0.39, 0.29) is 17.4 Å². The van der Waals surface area contributed by atoms with Gasteiger partial charge in [0.1, 0.15) is 11.4 Å². The van der Waals surface area contributed by atoms with Crippen molar-refractivity contribution >= 4 is 23.3 Å². The van der Waals surface area contributed by atoms with Crippen LogP contribution in [-0.2, 0) is 0 Å². The number of amides is 1. The van der Waals surface area contributed by atoms with Crippen molar-refractivity contribution in [2.24, 2.45) is 0 Å². The van der Waals surface area contributed by atoms with Crippen LogP contribution >= 0.6 is 0 Å². The van der Waals surface area contributed by atoms with Crippen molar-refractivity contribution in [1.29, 1.82) is 0 Å². The van der Waals surface area contributed by atoms with Gasteiger partial charge in [0.25, 0.3) is 5.91 Å². The van der Waals surface area contributed by atoms with Gasteiger partial charge in [0, 0.05) is 25.5 Å². The monoisotopic (exact) mass is 410 g/mol. The number of hydrogen-bond acceptors (Lipinski definition) is 8. The first-order valence-electron chi connectivity index (χ1n) is 9.95. The van der Waals surface area contributed by atoms with Crippen LogP contribution in [0.3, 0.4) is 0 Å². The van der Waals surface area contributed by atoms with Gasteiger partial charge >= 0.3 is 0 Å². The van der Waals surface area contributed by atoms with Gasteiger partial charge < -0.3 is 24.7 Å². The van der Waals surface area contributed by atoms with Gasteiger partial charge in [-0.3, -0.25) is 4.79 Å². The average molecular weight is 410 g/mol. The highest BCUT2D eigenvalue weighted by molar-refractivity contribution is 6.05. The molecule has 30 heavy (non-hydrogen) atoms. The highest BCUT2D eigenvalue weighted by atomic mass is 16.5. The molecule has 0 saturated carbocycles. The fourth-order valence-corrected chi connectivity index (χ4v) is 3.71. The number of nitrogens with one attached hydrogen (secondary N) is 2. The Kier molecular flexibility index (Phi) is 5.49. The Morgan fingerprint density at radius 2 is 2.00 bits per heavy atom. The first-order chi connectivity index (χ1) is 14.5. The summed E-state index contributed by atoms with van der Waals surface area (Å²) in [5.41, 5.74) is 2.62. The smallest absolute Gasteiger partial charge is 0.263 e. The van der Waals surface area contributed by atoms with Gasteiger partial charge in [-0.2, -0.15) is 4.98 Å². The summed E-state index contributed by atoms with van der Waals surface area (Å²) in [7, 11) is 3.47. The van der Waals surface area contributed by atoms with Gasteiger partial charge in [-0.1, -0.05) is 0 Å². The summed E-state index contributed by atoms with van der Waals surface area (Å²) < 4.78 is 7.24. The maximum absolute atomic E-state index is 12.9. The minimum atomic E-state index is -0.383. The molecule has 0 bridgehead atoms. The van der Waals surface area contributed by atoms with E-state index in [1.165, 1.54) is 13.3 Å². The maximum Gasteiger partial charge on any atom is 0.263 e. The van der Waals surface area contributed by atoms with Crippen LogP contribution in [0, 0.1) is 13.8 Å². The first-order valence-corrected chi connectivity index (χ1v) is 9.95. The van der Waals surface area contributed by atoms with Crippen LogP contribution in [0.4, 0.5) is 11.8 Å². The molecule has 1 amide bonds. The molecular weight excluding hydrogens is 384 g/mol. The van der Waals surface area contributed by atoms with Crippen molar-refractivity contribution in [3.8, 4) is 5.88 Å². The van der Waals surface area contributed by atoms with E-state index in [0.29, 0.717) is 17.8 Å². The predicted octanol–water partition coefficient (Wildman–Crippen LogP) is 1.59. The molecule has 4 heterocycles. The zero-order valence-electron chi connectivity index (χ0n) is 17.6. The lowest BCUT2D eigenvalue weighted by atomic mass is 10.1. The molecule has 0 radical (unpaired) electrons. The highest BCUT2D eigenvalue weighted by Crippen LogP contribution is 2.22. The minimum absolute atomic E-state index is 0.231. The molecule has 0 atom stereocenters. The van der Waals surface area contributed by atoms with Gasteiger partial charge in [-0.15, -0.1) is 0 Å². The van der Waals surface area contributed by atoms with E-state index in [4.69, 9.17) is 4.74 Å². The topological polar surface area (TPSA) is 110 Å². The summed E-state index contributed by atoms with van der Waals surface area (Å²) in [4.78, 5) is 32.7. The van der Waals surface area contributed by atoms with E-state index in [9.17, 15) is 4.79 Å². The standard InChI is InChI=1S/C20H26N8O2/c1-12-10-28-11-16(24-13(2)17(28)23-12)25-18(29)15-9-22-20(26-19(15)30-4)27(3)14-5-7-21-8-6-14/h9-11,14,21H,5-8H2,1-4H3,(H,25,29). The molecule has 1 aliphatic rings. The molecule has 1 saturated heterocycles. The van der Waals surface area contributed by atoms with Gasteiger partial charge in [-0.05, 0) is 39.8 Å². The molecule has 0 unspecified atom stereocenters. The van der Waals surface area contributed by atoms with Crippen molar-refractivity contribution in [2.75, 3.05) is 37.5 Å². The second kappa shape index (κ2) is 8.23. The molecule has 2 N–H and O–H groups in total. The highest BCUT2D eigenvalue weighted by Gasteiger charge is 2.23. The SMILES string of the molecule is COc1nc(N(C)C2CCNCC2)ncc1C(=O)Nc1cn2cc(C)nc2c(C)n1. The molecule has 0 aromatic carbocycles. The van der Waals surface area contributed by atoms with E-state index in [1.54, 1.807) is 6.20 Å². The molecule has 0 spiro atoms. The number of ether oxygens (including phenoxy) is 1. The summed E-state index contributed by atoms with van der Waals surface area (Å²) >= 11 is 0. The van der Waals surface area contributed by atoms with Crippen molar-refractivity contribution in [2.45, 2.75) is 32.7 Å². The van der Waals surface area contributed by atoms with Crippen molar-refractivity contribution in [3.05, 3.63) is 35.5 Å². The normalized spacial score (nSPS) is 14.7. The Bertz CT molecular complexity index is 1070. The summed E-state index contributed by atoms with van der Waals surface area (Å²) in [5.74, 6) is 0.806. The van der Waals surface area contributed by atoms with Gasteiger partial charge in [0.05, 0.1) is 24.7 Å². The Labute approximate surface area is 174 Å². The van der Waals surface area contributed by atoms with Crippen LogP contribution in [0.5, 0.6) is 5.88 Å². The van der Waals surface area contributed by atoms with Crippen LogP contribution < -0.4 is 20.3 Å². The van der Waals surface area contributed by atoms with Crippen LogP contribution in [0.2, 0.25) is 0 Å². The van der Waals surface area contributed by atoms with Gasteiger partial charge in [-0.25, -0.2) is 15.0 Å². The molecular formula is C20H26N8O2. The largest absolute Gasteiger partial charge is 0.480 e. The fraction of sp³-hybridized carbons (Fsp3) is 0.450. The number of methoxy groups -OCH3 is 1. The molecule has 3 aromatic rings. The zero-order chi connectivity index (χ0) is 21.3. The molecule has 10 heteroatoms. The lowest BCUT2D eigenvalue weighted by Crippen LogP contribution is -2.42. The molecule has 1 aliphatic heterocycles. The van der Waals surface area contributed by atoms with E-state index in [2.05, 4.69) is 30.6 Å². The van der Waals surface area contributed by atoms with Crippen molar-refractivity contribution < 1.29 is 9.53 Å². The molecule has 158 valence electrons. The Morgan fingerprint density at radius 3 is 2.73 bits per heavy atom. The second-order valence-corrected chi connectivity index (χ2v) is 7.46. The Hall–Kier alpha value is -3.27. The number of rotatable bonds is 5. The minimum Gasteiger partial charge on any atom is -0.480 e. The zero-order valence-corrected chi connectivity index (χ0v) is 17.6. The lowest BCUT2D eigenvalue weighted by Gasteiger charge is -2.31. The van der Waals surface area contributed by atoms with Crippen LogP contribution in [-0.4, -0.2) is 63.5 Å². The number of aromatic nitrogens is 5. The Morgan fingerprint density at radius 1 is 1.23 bits per heavy atom. The van der Waals surface area contributed by atoms with Crippen molar-refractivity contribution in [1.82, 2.24) is 29.7 Å². The molecule has 1 fully saturated rings. The third-order valence-electron chi connectivity index (χ3n) is 5.32. The van der Waals surface area contributed by atoms with Gasteiger partial charge in [0.2, 0.25) is 11.8 Å². The maximum atomic E-state index is 12.9. The number of aryl methyl sites for hydroxylation is 2. The quantitative estimate of drug-likeness (QED) is 0.653. The fourth-order valence-electron chi connectivity index (χ4n) is 3.71. The second-order valence-electron chi connectivity index (χ2n) is 7.46. The third kappa shape index (κ3) is 3.90. The lowest BCUT2D eigenvalue weighted by molar-refractivity contribution is 0.102. The molecule has 0 aliphatic carbocycles. The average Bonchev–Trinajstić information content (AvgIpc) is 3.14. The summed E-state index contributed by atoms with van der Waals surface area (Å²) in [6.45, 7) is 5.71. The van der Waals surface area contributed by atoms with Gasteiger partial charge in [0.15, 0.2) is 5.65 Å². The number of nitrogens with zero attached hydrogens (tertiary/aromatic N) is 6. The summed E-state index contributed by atoms with van der Waals surface area (Å²) in [5, 5.41) is 6.16. The van der Waals surface area contributed by atoms with Crippen LogP contribution in [0.15, 0.2) is 18.6 Å². The number of hydrogen-bond donors (Lipinski definition) is 2. The number of carbonyl (C=O) groups excluding carboxylic acids is 1. The predicted molar refractivity (Wildman–Crippen MR) is 113 cm³/mol. The van der Waals surface area contributed by atoms with Crippen LogP contribution in [0.1, 0.15) is 34.6 Å². The molecule has 10 nitrogen and oxygen atoms in total. The first kappa shape index (κ1) is 20.0.